The molecule has 5 nitrogen and oxygen atoms in total. The number of amides is 1. The summed E-state index contributed by atoms with van der Waals surface area (Å²) in [6.07, 6.45) is 1.28. The Balaban J connectivity index is 2.21. The van der Waals surface area contributed by atoms with Crippen LogP contribution in [0.25, 0.3) is 0 Å². The molecule has 0 spiro atoms. The molecule has 1 heterocycles. The summed E-state index contributed by atoms with van der Waals surface area (Å²) in [4.78, 5) is 15.4. The number of rotatable bonds is 5. The van der Waals surface area contributed by atoms with Crippen LogP contribution < -0.4 is 14.8 Å². The molecule has 0 bridgehead atoms. The van der Waals surface area contributed by atoms with Crippen LogP contribution in [-0.2, 0) is 0 Å². The molecule has 1 aromatic carbocycles. The van der Waals surface area contributed by atoms with E-state index in [0.29, 0.717) is 23.8 Å². The van der Waals surface area contributed by atoms with E-state index in [0.717, 1.165) is 0 Å². The number of hydrogen-bond donors (Lipinski definition) is 1. The first-order valence-electron chi connectivity index (χ1n) is 6.38. The number of carbonyl (C=O) groups is 1. The van der Waals surface area contributed by atoms with Crippen molar-refractivity contribution in [3.8, 4) is 11.5 Å². The van der Waals surface area contributed by atoms with Gasteiger partial charge in [0.15, 0.2) is 11.5 Å². The highest BCUT2D eigenvalue weighted by molar-refractivity contribution is 6.04. The zero-order valence-electron chi connectivity index (χ0n) is 11.7. The van der Waals surface area contributed by atoms with E-state index >= 15 is 0 Å². The van der Waals surface area contributed by atoms with E-state index in [9.17, 15) is 9.18 Å². The lowest BCUT2D eigenvalue weighted by Crippen LogP contribution is -2.14. The molecule has 6 heteroatoms. The third-order valence-electron chi connectivity index (χ3n) is 2.73. The Bertz CT molecular complexity index is 647. The van der Waals surface area contributed by atoms with Crippen molar-refractivity contribution in [1.29, 1.82) is 0 Å². The second kappa shape index (κ2) is 6.69. The van der Waals surface area contributed by atoms with Crippen LogP contribution >= 0.6 is 0 Å². The topological polar surface area (TPSA) is 60.5 Å². The van der Waals surface area contributed by atoms with Crippen LogP contribution in [0.2, 0.25) is 0 Å². The molecule has 0 aliphatic rings. The third-order valence-corrected chi connectivity index (χ3v) is 2.73. The fourth-order valence-corrected chi connectivity index (χ4v) is 1.78. The molecule has 0 unspecified atom stereocenters. The first-order valence-corrected chi connectivity index (χ1v) is 6.38. The van der Waals surface area contributed by atoms with Crippen LogP contribution in [0.3, 0.4) is 0 Å². The lowest BCUT2D eigenvalue weighted by atomic mass is 10.2. The van der Waals surface area contributed by atoms with Gasteiger partial charge in [-0.15, -0.1) is 0 Å². The van der Waals surface area contributed by atoms with E-state index in [1.165, 1.54) is 25.4 Å². The Hall–Kier alpha value is -2.63. The van der Waals surface area contributed by atoms with E-state index < -0.39 is 11.9 Å². The number of benzene rings is 1. The molecule has 1 N–H and O–H groups in total. The van der Waals surface area contributed by atoms with Gasteiger partial charge in [-0.2, -0.15) is 4.39 Å². The van der Waals surface area contributed by atoms with Crippen molar-refractivity contribution in [3.05, 3.63) is 48.0 Å². The van der Waals surface area contributed by atoms with Crippen LogP contribution in [0, 0.1) is 5.95 Å². The van der Waals surface area contributed by atoms with Crippen molar-refractivity contribution in [2.75, 3.05) is 19.0 Å². The summed E-state index contributed by atoms with van der Waals surface area (Å²) < 4.78 is 24.0. The first-order chi connectivity index (χ1) is 10.2. The molecule has 110 valence electrons. The predicted molar refractivity (Wildman–Crippen MR) is 76.3 cm³/mol. The quantitative estimate of drug-likeness (QED) is 0.860. The number of methoxy groups -OCH3 is 1. The second-order valence-electron chi connectivity index (χ2n) is 4.09. The monoisotopic (exact) mass is 290 g/mol. The Morgan fingerprint density at radius 2 is 2.14 bits per heavy atom. The standard InChI is InChI=1S/C15H15FN2O3/c1-3-21-13-9-10(6-7-12(13)20-2)18-15(19)11-5-4-8-17-14(11)16/h4-9H,3H2,1-2H3,(H,18,19). The smallest absolute Gasteiger partial charge is 0.260 e. The summed E-state index contributed by atoms with van der Waals surface area (Å²) in [5.41, 5.74) is 0.360. The van der Waals surface area contributed by atoms with Gasteiger partial charge in [0.2, 0.25) is 5.95 Å². The fraction of sp³-hybridized carbons (Fsp3) is 0.200. The molecule has 0 aliphatic carbocycles. The van der Waals surface area contributed by atoms with Gasteiger partial charge < -0.3 is 14.8 Å². The van der Waals surface area contributed by atoms with Gasteiger partial charge in [0, 0.05) is 18.0 Å². The van der Waals surface area contributed by atoms with E-state index in [-0.39, 0.29) is 5.56 Å². The number of nitrogens with one attached hydrogen (secondary N) is 1. The van der Waals surface area contributed by atoms with E-state index in [1.54, 1.807) is 18.2 Å². The van der Waals surface area contributed by atoms with E-state index in [1.807, 2.05) is 6.92 Å². The highest BCUT2D eigenvalue weighted by Crippen LogP contribution is 2.30. The van der Waals surface area contributed by atoms with Gasteiger partial charge >= 0.3 is 0 Å². The number of ether oxygens (including phenoxy) is 2. The Morgan fingerprint density at radius 3 is 2.81 bits per heavy atom. The Labute approximate surface area is 121 Å². The molecule has 0 atom stereocenters. The van der Waals surface area contributed by atoms with Gasteiger partial charge in [0.1, 0.15) is 0 Å². The molecule has 21 heavy (non-hydrogen) atoms. The largest absolute Gasteiger partial charge is 0.493 e. The van der Waals surface area contributed by atoms with Gasteiger partial charge in [-0.05, 0) is 31.2 Å². The number of aromatic nitrogens is 1. The molecule has 1 aromatic heterocycles. The number of carbonyl (C=O) groups excluding carboxylic acids is 1. The van der Waals surface area contributed by atoms with Crippen LogP contribution in [0.4, 0.5) is 10.1 Å². The maximum Gasteiger partial charge on any atom is 0.260 e. The summed E-state index contributed by atoms with van der Waals surface area (Å²) in [6.45, 7) is 2.31. The van der Waals surface area contributed by atoms with Gasteiger partial charge in [-0.3, -0.25) is 4.79 Å². The summed E-state index contributed by atoms with van der Waals surface area (Å²) in [6, 6.07) is 7.80. The SMILES string of the molecule is CCOc1cc(NC(=O)c2cccnc2F)ccc1OC. The Kier molecular flexibility index (Phi) is 4.71. The number of anilines is 1. The summed E-state index contributed by atoms with van der Waals surface area (Å²) in [5, 5.41) is 2.59. The number of halogens is 1. The summed E-state index contributed by atoms with van der Waals surface area (Å²) in [7, 11) is 1.53. The molecule has 2 aromatic rings. The predicted octanol–water partition coefficient (Wildman–Crippen LogP) is 2.88. The van der Waals surface area contributed by atoms with Crippen molar-refractivity contribution in [1.82, 2.24) is 4.98 Å². The summed E-state index contributed by atoms with van der Waals surface area (Å²) in [5.74, 6) is -0.325. The lowest BCUT2D eigenvalue weighted by Gasteiger charge is -2.12. The van der Waals surface area contributed by atoms with Crippen LogP contribution in [-0.4, -0.2) is 24.6 Å². The van der Waals surface area contributed by atoms with Crippen molar-refractivity contribution in [2.24, 2.45) is 0 Å². The maximum absolute atomic E-state index is 13.4. The molecule has 2 rings (SSSR count). The molecule has 0 aliphatic heterocycles. The van der Waals surface area contributed by atoms with Crippen molar-refractivity contribution in [2.45, 2.75) is 6.92 Å². The maximum atomic E-state index is 13.4. The second-order valence-corrected chi connectivity index (χ2v) is 4.09. The normalized spacial score (nSPS) is 10.0. The van der Waals surface area contributed by atoms with E-state index in [2.05, 4.69) is 10.3 Å². The van der Waals surface area contributed by atoms with E-state index in [4.69, 9.17) is 9.47 Å². The molecule has 0 fully saturated rings. The van der Waals surface area contributed by atoms with Crippen molar-refractivity contribution >= 4 is 11.6 Å². The molecule has 0 saturated heterocycles. The average molecular weight is 290 g/mol. The minimum Gasteiger partial charge on any atom is -0.493 e. The van der Waals surface area contributed by atoms with Gasteiger partial charge in [0.25, 0.3) is 5.91 Å². The zero-order valence-corrected chi connectivity index (χ0v) is 11.7. The van der Waals surface area contributed by atoms with Crippen molar-refractivity contribution < 1.29 is 18.7 Å². The summed E-state index contributed by atoms with van der Waals surface area (Å²) >= 11 is 0. The van der Waals surface area contributed by atoms with Gasteiger partial charge in [-0.1, -0.05) is 0 Å². The minimum atomic E-state index is -0.812. The van der Waals surface area contributed by atoms with Crippen molar-refractivity contribution in [3.63, 3.8) is 0 Å². The first kappa shape index (κ1) is 14.8. The van der Waals surface area contributed by atoms with Gasteiger partial charge in [-0.25, -0.2) is 4.98 Å². The zero-order chi connectivity index (χ0) is 15.2. The third kappa shape index (κ3) is 3.47. The number of pyridine rings is 1. The molecule has 1 amide bonds. The molecule has 0 saturated carbocycles. The van der Waals surface area contributed by atoms with Crippen LogP contribution in [0.15, 0.2) is 36.5 Å². The number of nitrogens with zero attached hydrogens (tertiary/aromatic N) is 1. The molecule has 0 radical (unpaired) electrons. The van der Waals surface area contributed by atoms with Crippen LogP contribution in [0.1, 0.15) is 17.3 Å². The van der Waals surface area contributed by atoms with Crippen LogP contribution in [0.5, 0.6) is 11.5 Å². The Morgan fingerprint density at radius 1 is 1.33 bits per heavy atom. The highest BCUT2D eigenvalue weighted by Gasteiger charge is 2.13. The fourth-order valence-electron chi connectivity index (χ4n) is 1.78. The molecular weight excluding hydrogens is 275 g/mol. The number of hydrogen-bond acceptors (Lipinski definition) is 4. The van der Waals surface area contributed by atoms with Gasteiger partial charge in [0.05, 0.1) is 19.3 Å². The lowest BCUT2D eigenvalue weighted by molar-refractivity contribution is 0.102. The molecular formula is C15H15FN2O3. The highest BCUT2D eigenvalue weighted by atomic mass is 19.1. The minimum absolute atomic E-state index is 0.119. The average Bonchev–Trinajstić information content (AvgIpc) is 2.48.